The molecule has 2 atom stereocenters. The van der Waals surface area contributed by atoms with Crippen molar-refractivity contribution in [2.75, 3.05) is 6.54 Å². The second-order valence-electron chi connectivity index (χ2n) is 5.31. The Morgan fingerprint density at radius 1 is 1.40 bits per heavy atom. The van der Waals surface area contributed by atoms with Gasteiger partial charge in [-0.1, -0.05) is 12.1 Å². The highest BCUT2D eigenvalue weighted by atomic mass is 35.5. The number of hydrogen-bond donors (Lipinski definition) is 1. The summed E-state index contributed by atoms with van der Waals surface area (Å²) in [6, 6.07) is 6.25. The molecule has 1 fully saturated rings. The summed E-state index contributed by atoms with van der Waals surface area (Å²) in [6.45, 7) is 2.74. The second kappa shape index (κ2) is 7.60. The van der Waals surface area contributed by atoms with Crippen molar-refractivity contribution in [3.05, 3.63) is 35.6 Å². The molecule has 1 aromatic carbocycles. The van der Waals surface area contributed by atoms with Crippen LogP contribution in [0.4, 0.5) is 4.39 Å². The SMILES string of the molecule is CC(N)C1CCCCN1C(=O)Cc1ccc(F)cc1.Cl. The molecule has 5 heteroatoms. The molecule has 0 spiro atoms. The molecule has 1 aliphatic rings. The van der Waals surface area contributed by atoms with Crippen LogP contribution in [0, 0.1) is 5.82 Å². The Morgan fingerprint density at radius 3 is 2.65 bits per heavy atom. The van der Waals surface area contributed by atoms with E-state index in [4.69, 9.17) is 5.73 Å². The van der Waals surface area contributed by atoms with Crippen LogP contribution in [-0.2, 0) is 11.2 Å². The average Bonchev–Trinajstić information content (AvgIpc) is 2.41. The number of rotatable bonds is 3. The van der Waals surface area contributed by atoms with E-state index in [1.165, 1.54) is 12.1 Å². The van der Waals surface area contributed by atoms with E-state index in [0.29, 0.717) is 6.42 Å². The first-order valence-electron chi connectivity index (χ1n) is 6.87. The highest BCUT2D eigenvalue weighted by molar-refractivity contribution is 5.85. The maximum absolute atomic E-state index is 12.8. The van der Waals surface area contributed by atoms with Crippen molar-refractivity contribution in [3.8, 4) is 0 Å². The van der Waals surface area contributed by atoms with E-state index in [0.717, 1.165) is 31.4 Å². The van der Waals surface area contributed by atoms with Crippen molar-refractivity contribution in [2.45, 2.75) is 44.7 Å². The lowest BCUT2D eigenvalue weighted by Crippen LogP contribution is -2.52. The third-order valence-electron chi connectivity index (χ3n) is 3.75. The van der Waals surface area contributed by atoms with Crippen LogP contribution in [0.25, 0.3) is 0 Å². The van der Waals surface area contributed by atoms with E-state index in [1.807, 2.05) is 11.8 Å². The Labute approximate surface area is 125 Å². The van der Waals surface area contributed by atoms with Crippen molar-refractivity contribution in [1.82, 2.24) is 4.90 Å². The van der Waals surface area contributed by atoms with Crippen molar-refractivity contribution >= 4 is 18.3 Å². The van der Waals surface area contributed by atoms with E-state index < -0.39 is 0 Å². The van der Waals surface area contributed by atoms with Gasteiger partial charge in [-0.2, -0.15) is 0 Å². The van der Waals surface area contributed by atoms with E-state index in [-0.39, 0.29) is 36.2 Å². The molecule has 1 aliphatic heterocycles. The molecule has 1 heterocycles. The average molecular weight is 301 g/mol. The zero-order chi connectivity index (χ0) is 13.8. The molecular weight excluding hydrogens is 279 g/mol. The number of nitrogens with zero attached hydrogens (tertiary/aromatic N) is 1. The summed E-state index contributed by atoms with van der Waals surface area (Å²) in [5.41, 5.74) is 6.81. The molecule has 0 bridgehead atoms. The lowest BCUT2D eigenvalue weighted by Gasteiger charge is -2.38. The van der Waals surface area contributed by atoms with E-state index in [2.05, 4.69) is 0 Å². The van der Waals surface area contributed by atoms with Gasteiger partial charge in [-0.3, -0.25) is 4.79 Å². The number of nitrogens with two attached hydrogens (primary N) is 1. The van der Waals surface area contributed by atoms with Gasteiger partial charge in [-0.15, -0.1) is 12.4 Å². The molecule has 1 aromatic rings. The van der Waals surface area contributed by atoms with E-state index in [1.54, 1.807) is 12.1 Å². The van der Waals surface area contributed by atoms with Crippen molar-refractivity contribution < 1.29 is 9.18 Å². The topological polar surface area (TPSA) is 46.3 Å². The van der Waals surface area contributed by atoms with E-state index >= 15 is 0 Å². The second-order valence-corrected chi connectivity index (χ2v) is 5.31. The standard InChI is InChI=1S/C15H21FN2O.ClH/c1-11(17)14-4-2-3-9-18(14)15(19)10-12-5-7-13(16)8-6-12;/h5-8,11,14H,2-4,9-10,17H2,1H3;1H. The molecule has 0 aromatic heterocycles. The van der Waals surface area contributed by atoms with Crippen molar-refractivity contribution in [1.29, 1.82) is 0 Å². The van der Waals surface area contributed by atoms with Crippen molar-refractivity contribution in [3.63, 3.8) is 0 Å². The van der Waals surface area contributed by atoms with Crippen LogP contribution >= 0.6 is 12.4 Å². The first kappa shape index (κ1) is 16.9. The van der Waals surface area contributed by atoms with Gasteiger partial charge in [0.2, 0.25) is 5.91 Å². The minimum Gasteiger partial charge on any atom is -0.338 e. The number of likely N-dealkylation sites (tertiary alicyclic amines) is 1. The van der Waals surface area contributed by atoms with Gasteiger partial charge >= 0.3 is 0 Å². The smallest absolute Gasteiger partial charge is 0.227 e. The molecular formula is C15H22ClFN2O. The minimum atomic E-state index is -0.275. The summed E-state index contributed by atoms with van der Waals surface area (Å²) in [5.74, 6) is -0.184. The Hall–Kier alpha value is -1.13. The van der Waals surface area contributed by atoms with E-state index in [9.17, 15) is 9.18 Å². The number of piperidine rings is 1. The van der Waals surface area contributed by atoms with Gasteiger partial charge in [0.25, 0.3) is 0 Å². The lowest BCUT2D eigenvalue weighted by atomic mass is 9.96. The fraction of sp³-hybridized carbons (Fsp3) is 0.533. The lowest BCUT2D eigenvalue weighted by molar-refractivity contribution is -0.134. The predicted molar refractivity (Wildman–Crippen MR) is 80.4 cm³/mol. The van der Waals surface area contributed by atoms with Crippen LogP contribution in [0.5, 0.6) is 0 Å². The van der Waals surface area contributed by atoms with Crippen molar-refractivity contribution in [2.24, 2.45) is 5.73 Å². The fourth-order valence-corrected chi connectivity index (χ4v) is 2.69. The first-order valence-corrected chi connectivity index (χ1v) is 6.87. The molecule has 1 saturated heterocycles. The summed E-state index contributed by atoms with van der Waals surface area (Å²) < 4.78 is 12.8. The molecule has 1 amide bonds. The number of carbonyl (C=O) groups is 1. The van der Waals surface area contributed by atoms with Crippen LogP contribution in [0.2, 0.25) is 0 Å². The van der Waals surface area contributed by atoms with Crippen LogP contribution in [0.3, 0.4) is 0 Å². The van der Waals surface area contributed by atoms with Crippen LogP contribution in [-0.4, -0.2) is 29.4 Å². The van der Waals surface area contributed by atoms with Crippen LogP contribution in [0.15, 0.2) is 24.3 Å². The quantitative estimate of drug-likeness (QED) is 0.932. The predicted octanol–water partition coefficient (Wildman–Crippen LogP) is 2.52. The third-order valence-corrected chi connectivity index (χ3v) is 3.75. The monoisotopic (exact) mass is 300 g/mol. The highest BCUT2D eigenvalue weighted by Gasteiger charge is 2.28. The summed E-state index contributed by atoms with van der Waals surface area (Å²) in [7, 11) is 0. The zero-order valence-electron chi connectivity index (χ0n) is 11.7. The number of halogens is 2. The molecule has 0 aliphatic carbocycles. The highest BCUT2D eigenvalue weighted by Crippen LogP contribution is 2.20. The number of hydrogen-bond acceptors (Lipinski definition) is 2. The number of amides is 1. The number of carbonyl (C=O) groups excluding carboxylic acids is 1. The Balaban J connectivity index is 0.00000200. The van der Waals surface area contributed by atoms with Gasteiger partial charge in [0, 0.05) is 18.6 Å². The Morgan fingerprint density at radius 2 is 2.05 bits per heavy atom. The molecule has 112 valence electrons. The zero-order valence-corrected chi connectivity index (χ0v) is 12.5. The van der Waals surface area contributed by atoms with Gasteiger partial charge in [-0.25, -0.2) is 4.39 Å². The summed E-state index contributed by atoms with van der Waals surface area (Å²) in [6.07, 6.45) is 3.47. The normalized spacial score (nSPS) is 20.1. The molecule has 3 nitrogen and oxygen atoms in total. The Bertz CT molecular complexity index is 436. The summed E-state index contributed by atoms with van der Waals surface area (Å²) >= 11 is 0. The fourth-order valence-electron chi connectivity index (χ4n) is 2.69. The van der Waals surface area contributed by atoms with Gasteiger partial charge in [0.1, 0.15) is 5.82 Å². The molecule has 20 heavy (non-hydrogen) atoms. The van der Waals surface area contributed by atoms with Gasteiger partial charge in [0.05, 0.1) is 6.42 Å². The summed E-state index contributed by atoms with van der Waals surface area (Å²) in [5, 5.41) is 0. The minimum absolute atomic E-state index is 0. The van der Waals surface area contributed by atoms with Crippen LogP contribution < -0.4 is 5.73 Å². The van der Waals surface area contributed by atoms with Crippen LogP contribution in [0.1, 0.15) is 31.7 Å². The molecule has 2 rings (SSSR count). The maximum Gasteiger partial charge on any atom is 0.227 e. The largest absolute Gasteiger partial charge is 0.338 e. The molecule has 0 radical (unpaired) electrons. The number of benzene rings is 1. The Kier molecular flexibility index (Phi) is 6.43. The van der Waals surface area contributed by atoms with Gasteiger partial charge in [0.15, 0.2) is 0 Å². The summed E-state index contributed by atoms with van der Waals surface area (Å²) in [4.78, 5) is 14.2. The first-order chi connectivity index (χ1) is 9.08. The molecule has 2 unspecified atom stereocenters. The molecule has 2 N–H and O–H groups in total. The third kappa shape index (κ3) is 4.18. The van der Waals surface area contributed by atoms with Gasteiger partial charge in [-0.05, 0) is 43.9 Å². The molecule has 0 saturated carbocycles. The van der Waals surface area contributed by atoms with Gasteiger partial charge < -0.3 is 10.6 Å². The maximum atomic E-state index is 12.8.